The molecule has 96 valence electrons. The van der Waals surface area contributed by atoms with Crippen molar-refractivity contribution in [1.82, 2.24) is 9.38 Å². The molecule has 0 saturated carbocycles. The molecule has 0 fully saturated rings. The Balaban J connectivity index is 1.95. The summed E-state index contributed by atoms with van der Waals surface area (Å²) in [7, 11) is 0. The fourth-order valence-electron chi connectivity index (χ4n) is 2.10. The number of nitrogens with two attached hydrogens (primary N) is 1. The van der Waals surface area contributed by atoms with Crippen molar-refractivity contribution < 1.29 is 0 Å². The van der Waals surface area contributed by atoms with Crippen LogP contribution in [0.5, 0.6) is 0 Å². The second-order valence-electron chi connectivity index (χ2n) is 4.71. The highest BCUT2D eigenvalue weighted by Crippen LogP contribution is 2.17. The zero-order valence-electron chi connectivity index (χ0n) is 10.6. The molecule has 0 unspecified atom stereocenters. The molecule has 0 aliphatic carbocycles. The topological polar surface area (TPSA) is 43.3 Å². The molecular weight excluding hydrogens is 258 g/mol. The van der Waals surface area contributed by atoms with Gasteiger partial charge in [0.1, 0.15) is 5.65 Å². The number of aryl methyl sites for hydroxylation is 1. The van der Waals surface area contributed by atoms with E-state index in [1.165, 1.54) is 5.56 Å². The molecule has 3 nitrogen and oxygen atoms in total. The van der Waals surface area contributed by atoms with Gasteiger partial charge < -0.3 is 10.1 Å². The van der Waals surface area contributed by atoms with Gasteiger partial charge in [0.05, 0.1) is 11.4 Å². The molecule has 0 aliphatic rings. The highest BCUT2D eigenvalue weighted by atomic mass is 35.5. The summed E-state index contributed by atoms with van der Waals surface area (Å²) >= 11 is 5.88. The number of nitrogens with zero attached hydrogens (tertiary/aromatic N) is 2. The Morgan fingerprint density at radius 2 is 1.95 bits per heavy atom. The largest absolute Gasteiger partial charge is 0.397 e. The first-order valence-electron chi connectivity index (χ1n) is 6.10. The van der Waals surface area contributed by atoms with Gasteiger partial charge in [-0.1, -0.05) is 23.7 Å². The molecule has 2 N–H and O–H groups in total. The fourth-order valence-corrected chi connectivity index (χ4v) is 2.22. The molecule has 0 radical (unpaired) electrons. The summed E-state index contributed by atoms with van der Waals surface area (Å²) in [4.78, 5) is 4.61. The van der Waals surface area contributed by atoms with E-state index >= 15 is 0 Å². The van der Waals surface area contributed by atoms with Gasteiger partial charge in [-0.3, -0.25) is 0 Å². The van der Waals surface area contributed by atoms with Crippen LogP contribution in [0.25, 0.3) is 5.65 Å². The fraction of sp³-hybridized carbons (Fsp3) is 0.133. The molecule has 3 aromatic rings. The third-order valence-corrected chi connectivity index (χ3v) is 3.44. The SMILES string of the molecule is Cc1cc2nc(Cc3ccc(Cl)cc3)cn2cc1N. The Hall–Kier alpha value is -2.00. The van der Waals surface area contributed by atoms with Gasteiger partial charge >= 0.3 is 0 Å². The van der Waals surface area contributed by atoms with E-state index in [1.54, 1.807) is 0 Å². The van der Waals surface area contributed by atoms with Crippen molar-refractivity contribution in [3.05, 3.63) is 64.6 Å². The Morgan fingerprint density at radius 3 is 2.68 bits per heavy atom. The Morgan fingerprint density at radius 1 is 1.21 bits per heavy atom. The molecule has 19 heavy (non-hydrogen) atoms. The van der Waals surface area contributed by atoms with Gasteiger partial charge in [0.2, 0.25) is 0 Å². The average Bonchev–Trinajstić information content (AvgIpc) is 2.74. The lowest BCUT2D eigenvalue weighted by Gasteiger charge is -1.99. The lowest BCUT2D eigenvalue weighted by molar-refractivity contribution is 1.11. The number of hydrogen-bond acceptors (Lipinski definition) is 2. The van der Waals surface area contributed by atoms with Crippen molar-refractivity contribution in [1.29, 1.82) is 0 Å². The van der Waals surface area contributed by atoms with E-state index in [2.05, 4.69) is 4.98 Å². The van der Waals surface area contributed by atoms with Crippen LogP contribution in [0.1, 0.15) is 16.8 Å². The number of nitrogen functional groups attached to an aromatic ring is 1. The van der Waals surface area contributed by atoms with Gasteiger partial charge in [-0.15, -0.1) is 0 Å². The van der Waals surface area contributed by atoms with Gasteiger partial charge in [0.25, 0.3) is 0 Å². The van der Waals surface area contributed by atoms with Gasteiger partial charge in [0.15, 0.2) is 0 Å². The van der Waals surface area contributed by atoms with Crippen molar-refractivity contribution in [3.63, 3.8) is 0 Å². The minimum Gasteiger partial charge on any atom is -0.397 e. The number of fused-ring (bicyclic) bond motifs is 1. The molecule has 2 aromatic heterocycles. The van der Waals surface area contributed by atoms with E-state index in [9.17, 15) is 0 Å². The third kappa shape index (κ3) is 2.42. The van der Waals surface area contributed by atoms with Gasteiger partial charge in [-0.2, -0.15) is 0 Å². The van der Waals surface area contributed by atoms with E-state index in [0.29, 0.717) is 0 Å². The number of benzene rings is 1. The lowest BCUT2D eigenvalue weighted by Crippen LogP contribution is -1.93. The zero-order chi connectivity index (χ0) is 13.4. The molecule has 0 saturated heterocycles. The molecule has 3 rings (SSSR count). The van der Waals surface area contributed by atoms with Crippen LogP contribution in [0.3, 0.4) is 0 Å². The monoisotopic (exact) mass is 271 g/mol. The summed E-state index contributed by atoms with van der Waals surface area (Å²) in [6.07, 6.45) is 4.71. The molecule has 0 aliphatic heterocycles. The molecule has 2 heterocycles. The van der Waals surface area contributed by atoms with Crippen LogP contribution in [0.4, 0.5) is 5.69 Å². The van der Waals surface area contributed by atoms with Crippen LogP contribution < -0.4 is 5.73 Å². The molecule has 0 atom stereocenters. The Bertz CT molecular complexity index is 690. The number of anilines is 1. The molecule has 0 amide bonds. The zero-order valence-corrected chi connectivity index (χ0v) is 11.4. The predicted octanol–water partition coefficient (Wildman–Crippen LogP) is 3.47. The number of imidazole rings is 1. The molecular formula is C15H14ClN3. The first-order chi connectivity index (χ1) is 9.11. The maximum absolute atomic E-state index is 5.90. The molecule has 1 aromatic carbocycles. The van der Waals surface area contributed by atoms with Gasteiger partial charge in [-0.05, 0) is 36.2 Å². The summed E-state index contributed by atoms with van der Waals surface area (Å²) < 4.78 is 1.97. The maximum atomic E-state index is 5.90. The van der Waals surface area contributed by atoms with E-state index in [-0.39, 0.29) is 0 Å². The highest BCUT2D eigenvalue weighted by molar-refractivity contribution is 6.30. The summed E-state index contributed by atoms with van der Waals surface area (Å²) in [5.74, 6) is 0. The van der Waals surface area contributed by atoms with Gasteiger partial charge in [-0.25, -0.2) is 4.98 Å². The molecule has 4 heteroatoms. The van der Waals surface area contributed by atoms with E-state index < -0.39 is 0 Å². The number of halogens is 1. The lowest BCUT2D eigenvalue weighted by atomic mass is 10.1. The van der Waals surface area contributed by atoms with Crippen LogP contribution >= 0.6 is 11.6 Å². The van der Waals surface area contributed by atoms with E-state index in [0.717, 1.165) is 34.0 Å². The summed E-state index contributed by atoms with van der Waals surface area (Å²) in [6, 6.07) is 9.84. The minimum atomic E-state index is 0.752. The van der Waals surface area contributed by atoms with Crippen molar-refractivity contribution in [2.24, 2.45) is 0 Å². The van der Waals surface area contributed by atoms with Crippen LogP contribution in [0, 0.1) is 6.92 Å². The number of aromatic nitrogens is 2. The Kier molecular flexibility index (Phi) is 2.91. The van der Waals surface area contributed by atoms with Crippen molar-refractivity contribution in [2.45, 2.75) is 13.3 Å². The van der Waals surface area contributed by atoms with E-state index in [1.807, 2.05) is 54.0 Å². The molecule has 0 spiro atoms. The first-order valence-corrected chi connectivity index (χ1v) is 6.48. The first kappa shape index (κ1) is 12.1. The Labute approximate surface area is 116 Å². The quantitative estimate of drug-likeness (QED) is 0.776. The minimum absolute atomic E-state index is 0.752. The van der Waals surface area contributed by atoms with E-state index in [4.69, 9.17) is 17.3 Å². The smallest absolute Gasteiger partial charge is 0.137 e. The normalized spacial score (nSPS) is 11.1. The summed E-state index contributed by atoms with van der Waals surface area (Å²) in [6.45, 7) is 1.99. The predicted molar refractivity (Wildman–Crippen MR) is 78.6 cm³/mol. The average molecular weight is 272 g/mol. The standard InChI is InChI=1S/C15H14ClN3/c1-10-6-15-18-13(8-19(15)9-14(10)17)7-11-2-4-12(16)5-3-11/h2-6,8-9H,7,17H2,1H3. The van der Waals surface area contributed by atoms with Crippen molar-refractivity contribution >= 4 is 22.9 Å². The van der Waals surface area contributed by atoms with Crippen LogP contribution in [-0.2, 0) is 6.42 Å². The van der Waals surface area contributed by atoms with Crippen molar-refractivity contribution in [3.8, 4) is 0 Å². The summed E-state index contributed by atoms with van der Waals surface area (Å²) in [5.41, 5.74) is 10.9. The highest BCUT2D eigenvalue weighted by Gasteiger charge is 2.05. The maximum Gasteiger partial charge on any atom is 0.137 e. The second kappa shape index (κ2) is 4.59. The van der Waals surface area contributed by atoms with Crippen LogP contribution in [0.15, 0.2) is 42.7 Å². The summed E-state index contributed by atoms with van der Waals surface area (Å²) in [5, 5.41) is 0.752. The van der Waals surface area contributed by atoms with Crippen LogP contribution in [0.2, 0.25) is 5.02 Å². The number of hydrogen-bond donors (Lipinski definition) is 1. The molecule has 0 bridgehead atoms. The van der Waals surface area contributed by atoms with Crippen LogP contribution in [-0.4, -0.2) is 9.38 Å². The second-order valence-corrected chi connectivity index (χ2v) is 5.15. The van der Waals surface area contributed by atoms with Gasteiger partial charge in [0, 0.05) is 23.8 Å². The number of pyridine rings is 1. The van der Waals surface area contributed by atoms with Crippen molar-refractivity contribution in [2.75, 3.05) is 5.73 Å². The number of rotatable bonds is 2. The third-order valence-electron chi connectivity index (χ3n) is 3.19.